The van der Waals surface area contributed by atoms with E-state index in [0.717, 1.165) is 23.3 Å². The van der Waals surface area contributed by atoms with E-state index >= 15 is 0 Å². The monoisotopic (exact) mass is 213 g/mol. The maximum atomic E-state index is 6.08. The van der Waals surface area contributed by atoms with E-state index in [1.807, 2.05) is 19.9 Å². The average Bonchev–Trinajstić information content (AvgIpc) is 2.11. The summed E-state index contributed by atoms with van der Waals surface area (Å²) in [4.78, 5) is 0. The molecule has 0 amide bonds. The first kappa shape index (κ1) is 11.3. The van der Waals surface area contributed by atoms with Crippen LogP contribution in [-0.4, -0.2) is 13.2 Å². The van der Waals surface area contributed by atoms with Crippen LogP contribution in [0.1, 0.15) is 18.1 Å². The molecule has 0 fully saturated rings. The minimum absolute atomic E-state index is 0.611. The Morgan fingerprint density at radius 2 is 2.14 bits per heavy atom. The van der Waals surface area contributed by atoms with Crippen LogP contribution in [0.2, 0.25) is 5.02 Å². The van der Waals surface area contributed by atoms with Crippen molar-refractivity contribution in [3.63, 3.8) is 0 Å². The molecule has 1 aromatic carbocycles. The predicted molar refractivity (Wildman–Crippen MR) is 60.1 cm³/mol. The third-order valence-electron chi connectivity index (χ3n) is 1.97. The molecule has 1 aromatic rings. The third-order valence-corrected chi connectivity index (χ3v) is 2.25. The van der Waals surface area contributed by atoms with E-state index in [9.17, 15) is 0 Å². The van der Waals surface area contributed by atoms with E-state index in [-0.39, 0.29) is 0 Å². The van der Waals surface area contributed by atoms with Gasteiger partial charge in [0, 0.05) is 0 Å². The Kier molecular flexibility index (Phi) is 4.23. The second kappa shape index (κ2) is 5.23. The zero-order valence-electron chi connectivity index (χ0n) is 8.64. The van der Waals surface area contributed by atoms with E-state index in [1.165, 1.54) is 0 Å². The molecule has 2 nitrogen and oxygen atoms in total. The Morgan fingerprint density at radius 1 is 1.43 bits per heavy atom. The number of halogens is 1. The summed E-state index contributed by atoms with van der Waals surface area (Å²) in [7, 11) is 0. The Labute approximate surface area is 90.0 Å². The molecule has 0 heterocycles. The van der Waals surface area contributed by atoms with Crippen LogP contribution < -0.4 is 10.5 Å². The largest absolute Gasteiger partial charge is 0.492 e. The van der Waals surface area contributed by atoms with Gasteiger partial charge in [0.1, 0.15) is 5.75 Å². The highest BCUT2D eigenvalue weighted by Gasteiger charge is 2.08. The number of aryl methyl sites for hydroxylation is 1. The molecule has 0 aliphatic heterocycles. The highest BCUT2D eigenvalue weighted by atomic mass is 35.5. The van der Waals surface area contributed by atoms with Crippen LogP contribution in [0.25, 0.3) is 0 Å². The smallest absolute Gasteiger partial charge is 0.141 e. The van der Waals surface area contributed by atoms with Gasteiger partial charge < -0.3 is 10.5 Å². The Morgan fingerprint density at radius 3 is 2.71 bits per heavy atom. The van der Waals surface area contributed by atoms with Crippen molar-refractivity contribution >= 4 is 11.6 Å². The van der Waals surface area contributed by atoms with Gasteiger partial charge in [0.05, 0.1) is 11.6 Å². The number of rotatable bonds is 4. The molecule has 0 spiro atoms. The summed E-state index contributed by atoms with van der Waals surface area (Å²) in [5.41, 5.74) is 7.76. The molecule has 0 unspecified atom stereocenters. The van der Waals surface area contributed by atoms with Gasteiger partial charge in [0.2, 0.25) is 0 Å². The standard InChI is InChI=1S/C11H16ClNO/c1-3-14-11-9(4-5-13)6-8(2)7-10(11)12/h6-7H,3-5,13H2,1-2H3. The topological polar surface area (TPSA) is 35.2 Å². The van der Waals surface area contributed by atoms with Crippen LogP contribution in [-0.2, 0) is 6.42 Å². The molecule has 0 saturated heterocycles. The Balaban J connectivity index is 3.07. The van der Waals surface area contributed by atoms with Crippen molar-refractivity contribution in [2.24, 2.45) is 5.73 Å². The minimum atomic E-state index is 0.611. The summed E-state index contributed by atoms with van der Waals surface area (Å²) >= 11 is 6.08. The number of hydrogen-bond acceptors (Lipinski definition) is 2. The lowest BCUT2D eigenvalue weighted by molar-refractivity contribution is 0.336. The maximum Gasteiger partial charge on any atom is 0.141 e. The summed E-state index contributed by atoms with van der Waals surface area (Å²) in [6.45, 7) is 5.20. The fourth-order valence-corrected chi connectivity index (χ4v) is 1.80. The third kappa shape index (κ3) is 2.63. The summed E-state index contributed by atoms with van der Waals surface area (Å²) in [5, 5.41) is 0.676. The number of nitrogens with two attached hydrogens (primary N) is 1. The number of benzene rings is 1. The molecule has 0 aromatic heterocycles. The maximum absolute atomic E-state index is 6.08. The van der Waals surface area contributed by atoms with Crippen molar-refractivity contribution in [3.8, 4) is 5.75 Å². The molecule has 1 rings (SSSR count). The van der Waals surface area contributed by atoms with Crippen molar-refractivity contribution in [3.05, 3.63) is 28.3 Å². The van der Waals surface area contributed by atoms with Crippen LogP contribution in [0.15, 0.2) is 12.1 Å². The fraction of sp³-hybridized carbons (Fsp3) is 0.455. The first-order chi connectivity index (χ1) is 6.69. The summed E-state index contributed by atoms with van der Waals surface area (Å²) in [6, 6.07) is 3.98. The van der Waals surface area contributed by atoms with Crippen molar-refractivity contribution in [1.82, 2.24) is 0 Å². The van der Waals surface area contributed by atoms with Gasteiger partial charge in [0.25, 0.3) is 0 Å². The summed E-state index contributed by atoms with van der Waals surface area (Å²) in [5.74, 6) is 0.783. The quantitative estimate of drug-likeness (QED) is 0.835. The first-order valence-corrected chi connectivity index (χ1v) is 5.18. The van der Waals surface area contributed by atoms with Crippen LogP contribution in [0.3, 0.4) is 0 Å². The predicted octanol–water partition coefficient (Wildman–Crippen LogP) is 2.55. The lowest BCUT2D eigenvalue weighted by Gasteiger charge is -2.12. The second-order valence-electron chi connectivity index (χ2n) is 3.21. The van der Waals surface area contributed by atoms with Crippen LogP contribution >= 0.6 is 11.6 Å². The molecular weight excluding hydrogens is 198 g/mol. The molecule has 0 aliphatic rings. The lowest BCUT2D eigenvalue weighted by Crippen LogP contribution is -2.06. The molecule has 14 heavy (non-hydrogen) atoms. The van der Waals surface area contributed by atoms with Crippen molar-refractivity contribution in [2.45, 2.75) is 20.3 Å². The highest BCUT2D eigenvalue weighted by molar-refractivity contribution is 6.32. The van der Waals surface area contributed by atoms with Gasteiger partial charge >= 0.3 is 0 Å². The molecule has 0 radical (unpaired) electrons. The van der Waals surface area contributed by atoms with E-state index < -0.39 is 0 Å². The summed E-state index contributed by atoms with van der Waals surface area (Å²) in [6.07, 6.45) is 0.802. The lowest BCUT2D eigenvalue weighted by atomic mass is 10.1. The molecule has 0 aliphatic carbocycles. The first-order valence-electron chi connectivity index (χ1n) is 4.81. The SMILES string of the molecule is CCOc1c(Cl)cc(C)cc1CCN. The number of hydrogen-bond donors (Lipinski definition) is 1. The van der Waals surface area contributed by atoms with Crippen LogP contribution in [0, 0.1) is 6.92 Å². The molecular formula is C11H16ClNO. The Bertz CT molecular complexity index is 312. The van der Waals surface area contributed by atoms with Gasteiger partial charge in [-0.3, -0.25) is 0 Å². The van der Waals surface area contributed by atoms with E-state index in [1.54, 1.807) is 0 Å². The van der Waals surface area contributed by atoms with Crippen molar-refractivity contribution < 1.29 is 4.74 Å². The Hall–Kier alpha value is -0.730. The minimum Gasteiger partial charge on any atom is -0.492 e. The summed E-state index contributed by atoms with van der Waals surface area (Å²) < 4.78 is 5.49. The van der Waals surface area contributed by atoms with Crippen LogP contribution in [0.5, 0.6) is 5.75 Å². The van der Waals surface area contributed by atoms with Gasteiger partial charge in [0.15, 0.2) is 0 Å². The van der Waals surface area contributed by atoms with Gasteiger partial charge in [-0.15, -0.1) is 0 Å². The highest BCUT2D eigenvalue weighted by Crippen LogP contribution is 2.30. The average molecular weight is 214 g/mol. The molecule has 0 atom stereocenters. The zero-order valence-corrected chi connectivity index (χ0v) is 9.40. The van der Waals surface area contributed by atoms with E-state index in [2.05, 4.69) is 6.07 Å². The van der Waals surface area contributed by atoms with Gasteiger partial charge in [-0.25, -0.2) is 0 Å². The molecule has 2 N–H and O–H groups in total. The fourth-order valence-electron chi connectivity index (χ4n) is 1.45. The molecule has 3 heteroatoms. The normalized spacial score (nSPS) is 10.3. The van der Waals surface area contributed by atoms with Gasteiger partial charge in [-0.2, -0.15) is 0 Å². The van der Waals surface area contributed by atoms with Crippen molar-refractivity contribution in [1.29, 1.82) is 0 Å². The zero-order chi connectivity index (χ0) is 10.6. The van der Waals surface area contributed by atoms with Gasteiger partial charge in [-0.05, 0) is 44.0 Å². The van der Waals surface area contributed by atoms with Crippen LogP contribution in [0.4, 0.5) is 0 Å². The molecule has 0 saturated carbocycles. The molecule has 78 valence electrons. The second-order valence-corrected chi connectivity index (χ2v) is 3.61. The van der Waals surface area contributed by atoms with Gasteiger partial charge in [-0.1, -0.05) is 17.7 Å². The van der Waals surface area contributed by atoms with E-state index in [0.29, 0.717) is 18.2 Å². The van der Waals surface area contributed by atoms with E-state index in [4.69, 9.17) is 22.1 Å². The number of ether oxygens (including phenoxy) is 1. The molecule has 0 bridgehead atoms. The van der Waals surface area contributed by atoms with Crippen molar-refractivity contribution in [2.75, 3.05) is 13.2 Å².